The molecule has 0 aliphatic carbocycles. The largest absolute Gasteiger partial charge is 0.694 e. The highest BCUT2D eigenvalue weighted by molar-refractivity contribution is 7.32. The quantitative estimate of drug-likeness (QED) is 0.403. The molecule has 0 aromatic rings. The van der Waals surface area contributed by atoms with Crippen molar-refractivity contribution in [3.05, 3.63) is 0 Å². The molecule has 7 heteroatoms. The minimum atomic E-state index is -2.61. The van der Waals surface area contributed by atoms with Crippen LogP contribution in [0.25, 0.3) is 0 Å². The van der Waals surface area contributed by atoms with Crippen LogP contribution in [-0.4, -0.2) is 29.2 Å². The molecule has 0 rings (SSSR count). The summed E-state index contributed by atoms with van der Waals surface area (Å²) in [4.78, 5) is 17.8. The Labute approximate surface area is 57.8 Å². The van der Waals surface area contributed by atoms with Crippen molar-refractivity contribution in [1.82, 2.24) is 5.32 Å². The zero-order valence-electron chi connectivity index (χ0n) is 4.98. The Morgan fingerprint density at radius 2 is 2.30 bits per heavy atom. The Balaban J connectivity index is 3.06. The maximum atomic E-state index is 9.79. The second kappa shape index (κ2) is 5.10. The van der Waals surface area contributed by atoms with E-state index in [4.69, 9.17) is 10.00 Å². The van der Waals surface area contributed by atoms with Gasteiger partial charge in [-0.3, -0.25) is 0 Å². The van der Waals surface area contributed by atoms with E-state index in [-0.39, 0.29) is 13.2 Å². The number of carboxylic acid groups (broad SMARTS) is 1. The number of hydrogen-bond acceptors (Lipinski definition) is 3. The van der Waals surface area contributed by atoms with E-state index in [2.05, 4.69) is 4.52 Å². The zero-order chi connectivity index (χ0) is 7.98. The Bertz CT molecular complexity index is 121. The average molecular weight is 168 g/mol. The van der Waals surface area contributed by atoms with E-state index in [1.165, 1.54) is 0 Å². The van der Waals surface area contributed by atoms with Crippen molar-refractivity contribution in [3.63, 3.8) is 0 Å². The Kier molecular flexibility index (Phi) is 4.74. The minimum absolute atomic E-state index is 0.0109. The van der Waals surface area contributed by atoms with Crippen LogP contribution in [0, 0.1) is 0 Å². The second-order valence-electron chi connectivity index (χ2n) is 1.30. The molecular weight excluding hydrogens is 161 g/mol. The van der Waals surface area contributed by atoms with Gasteiger partial charge in [-0.1, -0.05) is 0 Å². The van der Waals surface area contributed by atoms with Crippen LogP contribution in [0.5, 0.6) is 0 Å². The van der Waals surface area contributed by atoms with Crippen molar-refractivity contribution in [2.45, 2.75) is 0 Å². The van der Waals surface area contributed by atoms with Crippen LogP contribution in [-0.2, 0) is 9.09 Å². The molecule has 1 amide bonds. The van der Waals surface area contributed by atoms with Gasteiger partial charge in [0.05, 0.1) is 0 Å². The molecule has 10 heavy (non-hydrogen) atoms. The first-order chi connectivity index (χ1) is 4.63. The summed E-state index contributed by atoms with van der Waals surface area (Å²) in [5.41, 5.74) is 0. The molecule has 58 valence electrons. The second-order valence-corrected chi connectivity index (χ2v) is 2.04. The first-order valence-electron chi connectivity index (χ1n) is 2.39. The lowest BCUT2D eigenvalue weighted by Gasteiger charge is -1.92. The molecule has 0 aliphatic rings. The monoisotopic (exact) mass is 168 g/mol. The van der Waals surface area contributed by atoms with Gasteiger partial charge >= 0.3 is 14.3 Å². The van der Waals surface area contributed by atoms with Gasteiger partial charge in [0.15, 0.2) is 0 Å². The fraction of sp³-hybridized carbons (Fsp3) is 0.667. The molecule has 3 N–H and O–H groups in total. The van der Waals surface area contributed by atoms with Gasteiger partial charge < -0.3 is 10.4 Å². The summed E-state index contributed by atoms with van der Waals surface area (Å²) >= 11 is 0. The zero-order valence-corrected chi connectivity index (χ0v) is 5.88. The summed E-state index contributed by atoms with van der Waals surface area (Å²) in [7, 11) is -2.61. The Hall–Kier alpha value is -0.710. The van der Waals surface area contributed by atoms with Crippen molar-refractivity contribution in [2.24, 2.45) is 0 Å². The lowest BCUT2D eigenvalue weighted by Crippen LogP contribution is -2.24. The smallest absolute Gasteiger partial charge is 0.465 e. The molecule has 0 radical (unpaired) electrons. The normalized spacial score (nSPS) is 10.7. The van der Waals surface area contributed by atoms with Crippen molar-refractivity contribution >= 4 is 14.3 Å². The van der Waals surface area contributed by atoms with Crippen molar-refractivity contribution in [3.8, 4) is 0 Å². The number of amides is 1. The molecular formula is C3H7NO5P+. The van der Waals surface area contributed by atoms with E-state index in [1.807, 2.05) is 5.32 Å². The molecule has 1 unspecified atom stereocenters. The molecule has 0 heterocycles. The summed E-state index contributed by atoms with van der Waals surface area (Å²) in [6.07, 6.45) is -1.18. The standard InChI is InChI=1S/C3H6NO5P/c5-3(6)4-1-2-9-10(7)8/h4H,1-2H2,(H-,5,6,7,8)/p+1. The van der Waals surface area contributed by atoms with Gasteiger partial charge in [-0.25, -0.2) is 4.79 Å². The van der Waals surface area contributed by atoms with Crippen molar-refractivity contribution in [2.75, 3.05) is 13.2 Å². The van der Waals surface area contributed by atoms with E-state index >= 15 is 0 Å². The first kappa shape index (κ1) is 9.29. The van der Waals surface area contributed by atoms with Crippen LogP contribution in [0.3, 0.4) is 0 Å². The van der Waals surface area contributed by atoms with Gasteiger partial charge in [-0.2, -0.15) is 0 Å². The average Bonchev–Trinajstić information content (AvgIpc) is 1.79. The van der Waals surface area contributed by atoms with E-state index in [1.54, 1.807) is 0 Å². The van der Waals surface area contributed by atoms with Gasteiger partial charge in [0.1, 0.15) is 6.61 Å². The summed E-state index contributed by atoms with van der Waals surface area (Å²) in [6.45, 7) is -0.0883. The minimum Gasteiger partial charge on any atom is -0.465 e. The van der Waals surface area contributed by atoms with Gasteiger partial charge in [-0.15, -0.1) is 9.42 Å². The van der Waals surface area contributed by atoms with Crippen LogP contribution >= 0.6 is 8.25 Å². The highest BCUT2D eigenvalue weighted by Gasteiger charge is 2.10. The third-order valence-electron chi connectivity index (χ3n) is 0.580. The van der Waals surface area contributed by atoms with E-state index < -0.39 is 14.3 Å². The molecule has 0 saturated carbocycles. The number of carbonyl (C=O) groups is 1. The van der Waals surface area contributed by atoms with Crippen LogP contribution in [0.2, 0.25) is 0 Å². The van der Waals surface area contributed by atoms with Gasteiger partial charge in [0.2, 0.25) is 0 Å². The van der Waals surface area contributed by atoms with Gasteiger partial charge in [-0.05, 0) is 0 Å². The van der Waals surface area contributed by atoms with Gasteiger partial charge in [0, 0.05) is 11.1 Å². The van der Waals surface area contributed by atoms with E-state index in [0.717, 1.165) is 0 Å². The highest BCUT2D eigenvalue weighted by atomic mass is 31.1. The fourth-order valence-corrected chi connectivity index (χ4v) is 0.529. The molecule has 0 spiro atoms. The van der Waals surface area contributed by atoms with Crippen LogP contribution in [0.4, 0.5) is 4.79 Å². The number of nitrogens with one attached hydrogen (secondary N) is 1. The topological polar surface area (TPSA) is 95.9 Å². The van der Waals surface area contributed by atoms with E-state index in [0.29, 0.717) is 0 Å². The van der Waals surface area contributed by atoms with Crippen LogP contribution in [0.15, 0.2) is 0 Å². The molecule has 1 atom stereocenters. The summed E-state index contributed by atoms with van der Waals surface area (Å²) in [6, 6.07) is 0. The third kappa shape index (κ3) is 7.29. The SMILES string of the molecule is O=C(O)NCCO[P+](=O)O. The number of rotatable bonds is 4. The third-order valence-corrected chi connectivity index (χ3v) is 0.983. The molecule has 0 aliphatic heterocycles. The summed E-state index contributed by atoms with van der Waals surface area (Å²) in [5.74, 6) is 0. The van der Waals surface area contributed by atoms with Gasteiger partial charge in [0.25, 0.3) is 0 Å². The molecule has 6 nitrogen and oxygen atoms in total. The van der Waals surface area contributed by atoms with Crippen LogP contribution in [0.1, 0.15) is 0 Å². The fourth-order valence-electron chi connectivity index (χ4n) is 0.282. The lowest BCUT2D eigenvalue weighted by molar-refractivity contribution is 0.190. The summed E-state index contributed by atoms with van der Waals surface area (Å²) < 4.78 is 13.9. The van der Waals surface area contributed by atoms with Crippen molar-refractivity contribution in [1.29, 1.82) is 0 Å². The highest BCUT2D eigenvalue weighted by Crippen LogP contribution is 2.12. The lowest BCUT2D eigenvalue weighted by atomic mass is 10.7. The maximum Gasteiger partial charge on any atom is 0.694 e. The predicted molar refractivity (Wildman–Crippen MR) is 31.8 cm³/mol. The first-order valence-corrected chi connectivity index (χ1v) is 3.52. The molecule has 0 fully saturated rings. The number of hydrogen-bond donors (Lipinski definition) is 3. The Morgan fingerprint density at radius 3 is 2.70 bits per heavy atom. The Morgan fingerprint density at radius 1 is 1.70 bits per heavy atom. The molecule has 0 bridgehead atoms. The van der Waals surface area contributed by atoms with Crippen LogP contribution < -0.4 is 5.32 Å². The molecule has 0 saturated heterocycles. The van der Waals surface area contributed by atoms with Crippen molar-refractivity contribution < 1.29 is 23.9 Å². The van der Waals surface area contributed by atoms with E-state index in [9.17, 15) is 9.36 Å². The summed E-state index contributed by atoms with van der Waals surface area (Å²) in [5, 5.41) is 9.93. The molecule has 0 aromatic carbocycles. The molecule has 0 aromatic heterocycles. The maximum absolute atomic E-state index is 9.79. The predicted octanol–water partition coefficient (Wildman–Crippen LogP) is -0.0797.